The molecule has 0 N–H and O–H groups in total. The summed E-state index contributed by atoms with van der Waals surface area (Å²) in [6.07, 6.45) is 3.81. The molecule has 8 heteroatoms. The van der Waals surface area contributed by atoms with Gasteiger partial charge in [0.25, 0.3) is 5.91 Å². The largest absolute Gasteiger partial charge is 0.497 e. The SMILES string of the molecule is COc1cc(/C=C/C(=O)N2CCc3cc(S(=O)(=O)N(C)C)ccc32)cc(OC)c1. The fourth-order valence-electron chi connectivity index (χ4n) is 3.16. The van der Waals surface area contributed by atoms with E-state index in [9.17, 15) is 13.2 Å². The van der Waals surface area contributed by atoms with Gasteiger partial charge in [0.2, 0.25) is 10.0 Å². The van der Waals surface area contributed by atoms with Crippen LogP contribution in [0.1, 0.15) is 11.1 Å². The van der Waals surface area contributed by atoms with E-state index in [1.165, 1.54) is 30.5 Å². The van der Waals surface area contributed by atoms with E-state index in [-0.39, 0.29) is 10.8 Å². The predicted octanol–water partition coefficient (Wildman–Crippen LogP) is 2.56. The van der Waals surface area contributed by atoms with Crippen LogP contribution in [-0.4, -0.2) is 53.5 Å². The highest BCUT2D eigenvalue weighted by Gasteiger charge is 2.26. The van der Waals surface area contributed by atoms with Crippen molar-refractivity contribution >= 4 is 27.7 Å². The van der Waals surface area contributed by atoms with Crippen molar-refractivity contribution in [2.24, 2.45) is 0 Å². The summed E-state index contributed by atoms with van der Waals surface area (Å²) >= 11 is 0. The number of benzene rings is 2. The van der Waals surface area contributed by atoms with E-state index in [0.717, 1.165) is 16.8 Å². The third-order valence-corrected chi connectivity index (χ3v) is 6.59. The Kier molecular flexibility index (Phi) is 5.95. The molecule has 1 amide bonds. The number of hydrogen-bond acceptors (Lipinski definition) is 5. The third kappa shape index (κ3) is 4.28. The normalized spacial score (nSPS) is 13.8. The number of nitrogens with zero attached hydrogens (tertiary/aromatic N) is 2. The summed E-state index contributed by atoms with van der Waals surface area (Å²) < 4.78 is 36.3. The van der Waals surface area contributed by atoms with E-state index in [1.807, 2.05) is 12.1 Å². The molecule has 0 fully saturated rings. The molecule has 2 aromatic carbocycles. The first-order valence-corrected chi connectivity index (χ1v) is 10.5. The molecule has 0 atom stereocenters. The van der Waals surface area contributed by atoms with E-state index in [1.54, 1.807) is 43.4 Å². The van der Waals surface area contributed by atoms with Crippen molar-refractivity contribution in [2.75, 3.05) is 39.8 Å². The van der Waals surface area contributed by atoms with Crippen LogP contribution in [0.4, 0.5) is 5.69 Å². The molecule has 2 aromatic rings. The molecule has 29 heavy (non-hydrogen) atoms. The van der Waals surface area contributed by atoms with Crippen LogP contribution in [0.3, 0.4) is 0 Å². The van der Waals surface area contributed by atoms with E-state index in [2.05, 4.69) is 0 Å². The summed E-state index contributed by atoms with van der Waals surface area (Å²) in [7, 11) is 2.63. The zero-order valence-corrected chi connectivity index (χ0v) is 17.7. The molecule has 0 saturated heterocycles. The summed E-state index contributed by atoms with van der Waals surface area (Å²) in [4.78, 5) is 14.6. The molecule has 1 aliphatic rings. The van der Waals surface area contributed by atoms with Crippen molar-refractivity contribution in [3.8, 4) is 11.5 Å². The highest BCUT2D eigenvalue weighted by atomic mass is 32.2. The van der Waals surface area contributed by atoms with Gasteiger partial charge in [-0.3, -0.25) is 4.79 Å². The number of carbonyl (C=O) groups is 1. The number of anilines is 1. The summed E-state index contributed by atoms with van der Waals surface area (Å²) in [6.45, 7) is 0.505. The van der Waals surface area contributed by atoms with E-state index in [0.29, 0.717) is 24.5 Å². The summed E-state index contributed by atoms with van der Waals surface area (Å²) in [6, 6.07) is 10.3. The van der Waals surface area contributed by atoms with Crippen molar-refractivity contribution in [1.82, 2.24) is 4.31 Å². The Morgan fingerprint density at radius 3 is 2.31 bits per heavy atom. The maximum Gasteiger partial charge on any atom is 0.251 e. The van der Waals surface area contributed by atoms with E-state index >= 15 is 0 Å². The minimum Gasteiger partial charge on any atom is -0.497 e. The quantitative estimate of drug-likeness (QED) is 0.677. The molecule has 7 nitrogen and oxygen atoms in total. The van der Waals surface area contributed by atoms with Crippen molar-refractivity contribution in [1.29, 1.82) is 0 Å². The highest BCUT2D eigenvalue weighted by Crippen LogP contribution is 2.31. The lowest BCUT2D eigenvalue weighted by molar-refractivity contribution is -0.114. The molecular weight excluding hydrogens is 392 g/mol. The number of hydrogen-bond donors (Lipinski definition) is 0. The summed E-state index contributed by atoms with van der Waals surface area (Å²) in [5, 5.41) is 0. The minimum atomic E-state index is -3.50. The molecule has 0 aromatic heterocycles. The van der Waals surface area contributed by atoms with Crippen LogP contribution >= 0.6 is 0 Å². The van der Waals surface area contributed by atoms with Crippen LogP contribution in [0.25, 0.3) is 6.08 Å². The van der Waals surface area contributed by atoms with Crippen molar-refractivity contribution in [2.45, 2.75) is 11.3 Å². The number of methoxy groups -OCH3 is 2. The Labute approximate surface area is 171 Å². The predicted molar refractivity (Wildman–Crippen MR) is 112 cm³/mol. The first-order valence-electron chi connectivity index (χ1n) is 9.04. The van der Waals surface area contributed by atoms with Gasteiger partial charge in [-0.25, -0.2) is 12.7 Å². The van der Waals surface area contributed by atoms with Gasteiger partial charge < -0.3 is 14.4 Å². The lowest BCUT2D eigenvalue weighted by atomic mass is 10.1. The minimum absolute atomic E-state index is 0.172. The standard InChI is InChI=1S/C21H24N2O5S/c1-22(2)29(25,26)19-6-7-20-16(13-19)9-10-23(20)21(24)8-5-15-11-17(27-3)14-18(12-15)28-4/h5-8,11-14H,9-10H2,1-4H3/b8-5+. The zero-order valence-electron chi connectivity index (χ0n) is 16.9. The van der Waals surface area contributed by atoms with Gasteiger partial charge in [0.15, 0.2) is 0 Å². The van der Waals surface area contributed by atoms with Gasteiger partial charge in [0.05, 0.1) is 19.1 Å². The van der Waals surface area contributed by atoms with E-state index in [4.69, 9.17) is 9.47 Å². The molecule has 0 unspecified atom stereocenters. The Hall–Kier alpha value is -2.84. The Bertz CT molecular complexity index is 1040. The second kappa shape index (κ2) is 8.26. The van der Waals surface area contributed by atoms with Gasteiger partial charge >= 0.3 is 0 Å². The smallest absolute Gasteiger partial charge is 0.251 e. The maximum atomic E-state index is 12.7. The molecule has 0 spiro atoms. The molecule has 154 valence electrons. The van der Waals surface area contributed by atoms with Crippen molar-refractivity contribution < 1.29 is 22.7 Å². The van der Waals surface area contributed by atoms with Crippen LogP contribution in [0.5, 0.6) is 11.5 Å². The van der Waals surface area contributed by atoms with Crippen molar-refractivity contribution in [3.05, 3.63) is 53.6 Å². The molecule has 1 aliphatic heterocycles. The van der Waals surface area contributed by atoms with Crippen LogP contribution in [0.2, 0.25) is 0 Å². The Balaban J connectivity index is 1.82. The monoisotopic (exact) mass is 416 g/mol. The third-order valence-electron chi connectivity index (χ3n) is 4.78. The second-order valence-electron chi connectivity index (χ2n) is 6.80. The summed E-state index contributed by atoms with van der Waals surface area (Å²) in [5.74, 6) is 1.10. The fraction of sp³-hybridized carbons (Fsp3) is 0.286. The topological polar surface area (TPSA) is 76.2 Å². The number of amides is 1. The average Bonchev–Trinajstić information content (AvgIpc) is 3.14. The zero-order chi connectivity index (χ0) is 21.2. The van der Waals surface area contributed by atoms with Crippen LogP contribution in [0, 0.1) is 0 Å². The molecule has 0 aliphatic carbocycles. The van der Waals surface area contributed by atoms with Crippen LogP contribution < -0.4 is 14.4 Å². The molecule has 1 heterocycles. The molecule has 0 radical (unpaired) electrons. The first-order chi connectivity index (χ1) is 13.8. The van der Waals surface area contributed by atoms with Crippen LogP contribution in [0.15, 0.2) is 47.4 Å². The number of ether oxygens (including phenoxy) is 2. The molecule has 0 saturated carbocycles. The number of fused-ring (bicyclic) bond motifs is 1. The molecule has 0 bridgehead atoms. The highest BCUT2D eigenvalue weighted by molar-refractivity contribution is 7.89. The van der Waals surface area contributed by atoms with Gasteiger partial charge in [0.1, 0.15) is 11.5 Å². The molecular formula is C21H24N2O5S. The van der Waals surface area contributed by atoms with Gasteiger partial charge in [-0.1, -0.05) is 0 Å². The average molecular weight is 416 g/mol. The fourth-order valence-corrected chi connectivity index (χ4v) is 4.11. The maximum absolute atomic E-state index is 12.7. The van der Waals surface area contributed by atoms with Gasteiger partial charge in [0, 0.05) is 38.5 Å². The van der Waals surface area contributed by atoms with Gasteiger partial charge in [-0.05, 0) is 54.0 Å². The lowest BCUT2D eigenvalue weighted by Gasteiger charge is -2.16. The number of sulfonamides is 1. The van der Waals surface area contributed by atoms with Crippen molar-refractivity contribution in [3.63, 3.8) is 0 Å². The van der Waals surface area contributed by atoms with Gasteiger partial charge in [-0.2, -0.15) is 0 Å². The molecule has 3 rings (SSSR count). The Morgan fingerprint density at radius 2 is 1.72 bits per heavy atom. The second-order valence-corrected chi connectivity index (χ2v) is 8.95. The number of rotatable bonds is 6. The first kappa shape index (κ1) is 20.9. The van der Waals surface area contributed by atoms with Gasteiger partial charge in [-0.15, -0.1) is 0 Å². The summed E-state index contributed by atoms with van der Waals surface area (Å²) in [5.41, 5.74) is 2.36. The lowest BCUT2D eigenvalue weighted by Crippen LogP contribution is -2.27. The number of carbonyl (C=O) groups excluding carboxylic acids is 1. The van der Waals surface area contributed by atoms with E-state index < -0.39 is 10.0 Å². The Morgan fingerprint density at radius 1 is 1.07 bits per heavy atom. The van der Waals surface area contributed by atoms with Crippen LogP contribution in [-0.2, 0) is 21.2 Å².